The van der Waals surface area contributed by atoms with Gasteiger partial charge >= 0.3 is 0 Å². The van der Waals surface area contributed by atoms with Crippen LogP contribution in [0, 0.1) is 27.7 Å². The summed E-state index contributed by atoms with van der Waals surface area (Å²) < 4.78 is 6.25. The molecule has 0 spiro atoms. The maximum atomic E-state index is 13.2. The lowest BCUT2D eigenvalue weighted by atomic mass is 9.83. The molecule has 0 fully saturated rings. The van der Waals surface area contributed by atoms with Gasteiger partial charge in [0, 0.05) is 11.3 Å². The van der Waals surface area contributed by atoms with Crippen LogP contribution < -0.4 is 10.1 Å². The van der Waals surface area contributed by atoms with Crippen LogP contribution >= 0.6 is 0 Å². The van der Waals surface area contributed by atoms with Crippen LogP contribution in [0.25, 0.3) is 11.1 Å². The molecule has 0 aliphatic carbocycles. The smallest absolute Gasteiger partial charge is 0.259 e. The van der Waals surface area contributed by atoms with Gasteiger partial charge in [0.25, 0.3) is 5.91 Å². The topological polar surface area (TPSA) is 58.6 Å². The van der Waals surface area contributed by atoms with Crippen LogP contribution in [0.3, 0.4) is 0 Å². The van der Waals surface area contributed by atoms with Crippen molar-refractivity contribution >= 4 is 11.6 Å². The number of amides is 1. The number of ether oxygens (including phenoxy) is 1. The summed E-state index contributed by atoms with van der Waals surface area (Å²) in [6, 6.07) is 13.8. The number of fused-ring (bicyclic) bond motifs is 3. The summed E-state index contributed by atoms with van der Waals surface area (Å²) in [6.45, 7) is 11.8. The summed E-state index contributed by atoms with van der Waals surface area (Å²) in [5.74, 6) is 0.219. The van der Waals surface area contributed by atoms with Gasteiger partial charge in [0.2, 0.25) is 0 Å². The van der Waals surface area contributed by atoms with E-state index in [0.29, 0.717) is 16.9 Å². The van der Waals surface area contributed by atoms with Crippen molar-refractivity contribution in [2.75, 3.05) is 5.32 Å². The molecule has 1 aliphatic heterocycles. The molecule has 4 nitrogen and oxygen atoms in total. The van der Waals surface area contributed by atoms with E-state index < -0.39 is 5.60 Å². The number of benzene rings is 3. The van der Waals surface area contributed by atoms with Crippen molar-refractivity contribution in [3.8, 4) is 22.6 Å². The number of phenols is 1. The fourth-order valence-electron chi connectivity index (χ4n) is 4.30. The number of hydrogen-bond donors (Lipinski definition) is 2. The van der Waals surface area contributed by atoms with Crippen molar-refractivity contribution < 1.29 is 14.6 Å². The normalized spacial score (nSPS) is 13.8. The SMILES string of the molecule is Cc1ccc2c(c1)-c1c(cc(C)c(C(=O)Nc3c(C)cccc3C)c1O)OC2(C)C. The molecule has 0 aromatic heterocycles. The summed E-state index contributed by atoms with van der Waals surface area (Å²) in [6.07, 6.45) is 0. The Morgan fingerprint density at radius 3 is 2.30 bits per heavy atom. The first-order valence-electron chi connectivity index (χ1n) is 10.1. The van der Waals surface area contributed by atoms with Gasteiger partial charge < -0.3 is 15.2 Å². The van der Waals surface area contributed by atoms with Crippen LogP contribution in [-0.4, -0.2) is 11.0 Å². The maximum absolute atomic E-state index is 13.2. The van der Waals surface area contributed by atoms with Gasteiger partial charge in [0.15, 0.2) is 0 Å². The molecule has 4 rings (SSSR count). The lowest BCUT2D eigenvalue weighted by Gasteiger charge is -2.36. The highest BCUT2D eigenvalue weighted by Crippen LogP contribution is 2.51. The predicted molar refractivity (Wildman–Crippen MR) is 121 cm³/mol. The molecule has 0 bridgehead atoms. The number of aromatic hydroxyl groups is 1. The van der Waals surface area contributed by atoms with Gasteiger partial charge in [-0.3, -0.25) is 4.79 Å². The summed E-state index contributed by atoms with van der Waals surface area (Å²) in [5, 5.41) is 14.3. The van der Waals surface area contributed by atoms with E-state index in [4.69, 9.17) is 4.74 Å². The van der Waals surface area contributed by atoms with Crippen LogP contribution in [0.2, 0.25) is 0 Å². The predicted octanol–water partition coefficient (Wildman–Crippen LogP) is 6.17. The molecule has 3 aromatic rings. The lowest BCUT2D eigenvalue weighted by Crippen LogP contribution is -2.29. The largest absolute Gasteiger partial charge is 0.506 e. The molecule has 0 unspecified atom stereocenters. The molecule has 0 saturated carbocycles. The third-order valence-electron chi connectivity index (χ3n) is 5.87. The van der Waals surface area contributed by atoms with Gasteiger partial charge in [-0.1, -0.05) is 42.0 Å². The second kappa shape index (κ2) is 6.91. The molecule has 0 saturated heterocycles. The fraction of sp³-hybridized carbons (Fsp3) is 0.269. The molecule has 3 aromatic carbocycles. The van der Waals surface area contributed by atoms with Crippen molar-refractivity contribution in [1.29, 1.82) is 0 Å². The first kappa shape index (κ1) is 20.0. The van der Waals surface area contributed by atoms with E-state index in [1.165, 1.54) is 0 Å². The molecule has 1 amide bonds. The third kappa shape index (κ3) is 3.13. The Morgan fingerprint density at radius 2 is 1.63 bits per heavy atom. The number of rotatable bonds is 2. The number of hydrogen-bond acceptors (Lipinski definition) is 3. The van der Waals surface area contributed by atoms with E-state index in [1.54, 1.807) is 0 Å². The number of carbonyl (C=O) groups is 1. The molecule has 1 aliphatic rings. The van der Waals surface area contributed by atoms with Gasteiger partial charge in [0.05, 0.1) is 11.1 Å². The zero-order valence-electron chi connectivity index (χ0n) is 18.3. The highest BCUT2D eigenvalue weighted by molar-refractivity contribution is 6.10. The molecule has 30 heavy (non-hydrogen) atoms. The highest BCUT2D eigenvalue weighted by atomic mass is 16.5. The van der Waals surface area contributed by atoms with Crippen LogP contribution in [0.4, 0.5) is 5.69 Å². The number of anilines is 1. The Bertz CT molecular complexity index is 1170. The summed E-state index contributed by atoms with van der Waals surface area (Å²) >= 11 is 0. The van der Waals surface area contributed by atoms with E-state index in [2.05, 4.69) is 5.32 Å². The Morgan fingerprint density at radius 1 is 0.967 bits per heavy atom. The third-order valence-corrected chi connectivity index (χ3v) is 5.87. The number of nitrogens with one attached hydrogen (secondary N) is 1. The van der Waals surface area contributed by atoms with Crippen LogP contribution in [0.15, 0.2) is 42.5 Å². The van der Waals surface area contributed by atoms with Crippen LogP contribution in [-0.2, 0) is 5.60 Å². The van der Waals surface area contributed by atoms with E-state index in [9.17, 15) is 9.90 Å². The number of phenolic OH excluding ortho intramolecular Hbond substituents is 1. The minimum absolute atomic E-state index is 0.0453. The van der Waals surface area contributed by atoms with Crippen molar-refractivity contribution in [3.05, 3.63) is 75.8 Å². The van der Waals surface area contributed by atoms with Crippen LogP contribution in [0.1, 0.15) is 52.0 Å². The second-order valence-electron chi connectivity index (χ2n) is 8.67. The maximum Gasteiger partial charge on any atom is 0.259 e. The summed E-state index contributed by atoms with van der Waals surface area (Å²) in [4.78, 5) is 13.2. The molecule has 2 N–H and O–H groups in total. The Hall–Kier alpha value is -3.27. The van der Waals surface area contributed by atoms with Gasteiger partial charge in [-0.2, -0.15) is 0 Å². The molecule has 4 heteroatoms. The average molecular weight is 402 g/mol. The zero-order chi connectivity index (χ0) is 21.8. The minimum Gasteiger partial charge on any atom is -0.506 e. The quantitative estimate of drug-likeness (QED) is 0.540. The summed E-state index contributed by atoms with van der Waals surface area (Å²) in [7, 11) is 0. The lowest BCUT2D eigenvalue weighted by molar-refractivity contribution is 0.101. The molecule has 0 atom stereocenters. The van der Waals surface area contributed by atoms with Crippen molar-refractivity contribution in [1.82, 2.24) is 0 Å². The molecular formula is C26H27NO3. The van der Waals surface area contributed by atoms with E-state index in [0.717, 1.165) is 33.5 Å². The second-order valence-corrected chi connectivity index (χ2v) is 8.67. The average Bonchev–Trinajstić information content (AvgIpc) is 2.63. The summed E-state index contributed by atoms with van der Waals surface area (Å²) in [5.41, 5.74) is 6.68. The molecule has 0 radical (unpaired) electrons. The molecule has 1 heterocycles. The Balaban J connectivity index is 1.88. The first-order valence-corrected chi connectivity index (χ1v) is 10.1. The number of aryl methyl sites for hydroxylation is 4. The number of carbonyl (C=O) groups excluding carboxylic acids is 1. The van der Waals surface area contributed by atoms with Gasteiger partial charge in [-0.15, -0.1) is 0 Å². The zero-order valence-corrected chi connectivity index (χ0v) is 18.3. The monoisotopic (exact) mass is 401 g/mol. The van der Waals surface area contributed by atoms with E-state index >= 15 is 0 Å². The van der Waals surface area contributed by atoms with E-state index in [-0.39, 0.29) is 17.2 Å². The fourth-order valence-corrected chi connectivity index (χ4v) is 4.30. The van der Waals surface area contributed by atoms with Crippen LogP contribution in [0.5, 0.6) is 11.5 Å². The standard InChI is InChI=1S/C26H27NO3/c1-14-10-11-19-18(12-14)22-20(30-26(19,5)6)13-17(4)21(24(22)28)25(29)27-23-15(2)8-7-9-16(23)3/h7-13,28H,1-6H3,(H,27,29). The first-order chi connectivity index (χ1) is 14.1. The minimum atomic E-state index is -0.531. The highest BCUT2D eigenvalue weighted by Gasteiger charge is 2.36. The number of para-hydroxylation sites is 1. The molecule has 154 valence electrons. The Labute approximate surface area is 177 Å². The molecular weight excluding hydrogens is 374 g/mol. The van der Waals surface area contributed by atoms with Crippen molar-refractivity contribution in [3.63, 3.8) is 0 Å². The van der Waals surface area contributed by atoms with Gasteiger partial charge in [0.1, 0.15) is 17.1 Å². The Kier molecular flexibility index (Phi) is 4.61. The van der Waals surface area contributed by atoms with Crippen molar-refractivity contribution in [2.24, 2.45) is 0 Å². The van der Waals surface area contributed by atoms with Gasteiger partial charge in [-0.05, 0) is 69.9 Å². The van der Waals surface area contributed by atoms with E-state index in [1.807, 2.05) is 84.0 Å². The van der Waals surface area contributed by atoms with Gasteiger partial charge in [-0.25, -0.2) is 0 Å². The van der Waals surface area contributed by atoms with Crippen molar-refractivity contribution in [2.45, 2.75) is 47.1 Å².